The summed E-state index contributed by atoms with van der Waals surface area (Å²) < 4.78 is 0. The van der Waals surface area contributed by atoms with Crippen molar-refractivity contribution in [2.45, 2.75) is 6.42 Å². The predicted molar refractivity (Wildman–Crippen MR) is 63.5 cm³/mol. The molecule has 0 atom stereocenters. The fourth-order valence-corrected chi connectivity index (χ4v) is 1.59. The molecule has 0 radical (unpaired) electrons. The molecular formula is C11H10ClN3O. The van der Waals surface area contributed by atoms with E-state index in [1.165, 1.54) is 0 Å². The second-order valence-corrected chi connectivity index (χ2v) is 3.82. The van der Waals surface area contributed by atoms with Crippen LogP contribution in [0.3, 0.4) is 0 Å². The second-order valence-electron chi connectivity index (χ2n) is 3.41. The van der Waals surface area contributed by atoms with Crippen molar-refractivity contribution in [1.82, 2.24) is 10.2 Å². The first-order valence-electron chi connectivity index (χ1n) is 4.74. The number of nitrogen functional groups attached to an aromatic ring is 1. The molecule has 1 aromatic heterocycles. The zero-order valence-electron chi connectivity index (χ0n) is 8.40. The standard InChI is InChI=1S/C11H10ClN3O/c12-9-4-2-1-3-7(9)5-8-6-10(13)11(16)15-14-8/h1-4,6H,5H2,(H2,13,14)(H,15,16). The quantitative estimate of drug-likeness (QED) is 0.831. The highest BCUT2D eigenvalue weighted by molar-refractivity contribution is 6.31. The molecule has 1 heterocycles. The Balaban J connectivity index is 2.31. The van der Waals surface area contributed by atoms with Crippen molar-refractivity contribution in [3.05, 3.63) is 57.0 Å². The van der Waals surface area contributed by atoms with E-state index in [0.29, 0.717) is 17.1 Å². The molecule has 0 aliphatic heterocycles. The molecule has 0 unspecified atom stereocenters. The van der Waals surface area contributed by atoms with Crippen molar-refractivity contribution in [2.24, 2.45) is 0 Å². The van der Waals surface area contributed by atoms with Crippen LogP contribution in [0.4, 0.5) is 5.69 Å². The fourth-order valence-electron chi connectivity index (χ4n) is 1.39. The average Bonchev–Trinajstić information content (AvgIpc) is 2.27. The van der Waals surface area contributed by atoms with Gasteiger partial charge in [0.15, 0.2) is 0 Å². The van der Waals surface area contributed by atoms with E-state index in [4.69, 9.17) is 17.3 Å². The van der Waals surface area contributed by atoms with E-state index in [9.17, 15) is 4.79 Å². The number of hydrogen-bond acceptors (Lipinski definition) is 3. The molecule has 0 fully saturated rings. The number of nitrogens with two attached hydrogens (primary N) is 1. The molecule has 0 aliphatic carbocycles. The minimum atomic E-state index is -0.372. The van der Waals surface area contributed by atoms with Gasteiger partial charge < -0.3 is 5.73 Å². The van der Waals surface area contributed by atoms with Gasteiger partial charge in [0.05, 0.1) is 5.69 Å². The summed E-state index contributed by atoms with van der Waals surface area (Å²) in [4.78, 5) is 11.0. The first kappa shape index (κ1) is 10.7. The van der Waals surface area contributed by atoms with Gasteiger partial charge in [-0.1, -0.05) is 29.8 Å². The van der Waals surface area contributed by atoms with Crippen LogP contribution in [0.2, 0.25) is 5.02 Å². The number of rotatable bonds is 2. The van der Waals surface area contributed by atoms with Crippen molar-refractivity contribution in [2.75, 3.05) is 5.73 Å². The molecule has 0 saturated carbocycles. The number of hydrogen-bond donors (Lipinski definition) is 2. The molecule has 82 valence electrons. The van der Waals surface area contributed by atoms with E-state index >= 15 is 0 Å². The molecule has 0 spiro atoms. The summed E-state index contributed by atoms with van der Waals surface area (Å²) in [7, 11) is 0. The lowest BCUT2D eigenvalue weighted by atomic mass is 10.1. The highest BCUT2D eigenvalue weighted by Gasteiger charge is 2.04. The Morgan fingerprint density at radius 3 is 2.81 bits per heavy atom. The summed E-state index contributed by atoms with van der Waals surface area (Å²) in [6.07, 6.45) is 0.542. The van der Waals surface area contributed by atoms with Crippen LogP contribution in [-0.4, -0.2) is 10.2 Å². The van der Waals surface area contributed by atoms with Crippen molar-refractivity contribution in [1.29, 1.82) is 0 Å². The van der Waals surface area contributed by atoms with Gasteiger partial charge in [-0.05, 0) is 17.7 Å². The van der Waals surface area contributed by atoms with Crippen molar-refractivity contribution in [3.63, 3.8) is 0 Å². The van der Waals surface area contributed by atoms with Crippen LogP contribution in [-0.2, 0) is 6.42 Å². The summed E-state index contributed by atoms with van der Waals surface area (Å²) in [6, 6.07) is 9.04. The molecule has 3 N–H and O–H groups in total. The summed E-state index contributed by atoms with van der Waals surface area (Å²) in [5.41, 5.74) is 6.92. The number of nitrogens with one attached hydrogen (secondary N) is 1. The molecule has 0 bridgehead atoms. The van der Waals surface area contributed by atoms with Gasteiger partial charge in [-0.15, -0.1) is 0 Å². The van der Waals surface area contributed by atoms with Crippen molar-refractivity contribution in [3.8, 4) is 0 Å². The normalized spacial score (nSPS) is 10.3. The lowest BCUT2D eigenvalue weighted by Gasteiger charge is -2.03. The Hall–Kier alpha value is -1.81. The number of anilines is 1. The molecule has 0 saturated heterocycles. The topological polar surface area (TPSA) is 71.8 Å². The largest absolute Gasteiger partial charge is 0.394 e. The van der Waals surface area contributed by atoms with Crippen LogP contribution >= 0.6 is 11.6 Å². The van der Waals surface area contributed by atoms with Gasteiger partial charge in [0.2, 0.25) is 0 Å². The van der Waals surface area contributed by atoms with E-state index in [1.54, 1.807) is 6.07 Å². The Kier molecular flexibility index (Phi) is 2.92. The van der Waals surface area contributed by atoms with E-state index in [2.05, 4.69) is 10.2 Å². The summed E-state index contributed by atoms with van der Waals surface area (Å²) >= 11 is 6.01. The van der Waals surface area contributed by atoms with Gasteiger partial charge in [0, 0.05) is 11.4 Å². The Bertz CT molecular complexity index is 565. The second kappa shape index (κ2) is 4.37. The monoisotopic (exact) mass is 235 g/mol. The minimum Gasteiger partial charge on any atom is -0.394 e. The van der Waals surface area contributed by atoms with Crippen LogP contribution in [0.15, 0.2) is 35.1 Å². The SMILES string of the molecule is Nc1cc(Cc2ccccc2Cl)n[nH]c1=O. The smallest absolute Gasteiger partial charge is 0.287 e. The third-order valence-electron chi connectivity index (χ3n) is 2.21. The molecular weight excluding hydrogens is 226 g/mol. The summed E-state index contributed by atoms with van der Waals surface area (Å²) in [6.45, 7) is 0. The Morgan fingerprint density at radius 2 is 2.12 bits per heavy atom. The molecule has 2 aromatic rings. The number of H-pyrrole nitrogens is 1. The maximum Gasteiger partial charge on any atom is 0.287 e. The average molecular weight is 236 g/mol. The van der Waals surface area contributed by atoms with Gasteiger partial charge >= 0.3 is 0 Å². The van der Waals surface area contributed by atoms with E-state index in [0.717, 1.165) is 5.56 Å². The van der Waals surface area contributed by atoms with Crippen LogP contribution in [0, 0.1) is 0 Å². The van der Waals surface area contributed by atoms with Crippen molar-refractivity contribution >= 4 is 17.3 Å². The maximum atomic E-state index is 11.0. The Morgan fingerprint density at radius 1 is 1.38 bits per heavy atom. The molecule has 1 aromatic carbocycles. The number of benzene rings is 1. The zero-order valence-corrected chi connectivity index (χ0v) is 9.16. The van der Waals surface area contributed by atoms with Gasteiger partial charge in [-0.3, -0.25) is 4.79 Å². The lowest BCUT2D eigenvalue weighted by molar-refractivity contribution is 0.914. The third kappa shape index (κ3) is 2.23. The number of nitrogens with zero attached hydrogens (tertiary/aromatic N) is 1. The predicted octanol–water partition coefficient (Wildman–Crippen LogP) is 1.60. The molecule has 16 heavy (non-hydrogen) atoms. The fraction of sp³-hybridized carbons (Fsp3) is 0.0909. The van der Waals surface area contributed by atoms with Gasteiger partial charge in [-0.2, -0.15) is 5.10 Å². The van der Waals surface area contributed by atoms with Crippen LogP contribution in [0.25, 0.3) is 0 Å². The highest BCUT2D eigenvalue weighted by Crippen LogP contribution is 2.17. The van der Waals surface area contributed by atoms with Crippen LogP contribution in [0.1, 0.15) is 11.3 Å². The van der Waals surface area contributed by atoms with Crippen LogP contribution < -0.4 is 11.3 Å². The van der Waals surface area contributed by atoms with Gasteiger partial charge in [-0.25, -0.2) is 5.10 Å². The zero-order chi connectivity index (χ0) is 11.5. The first-order valence-corrected chi connectivity index (χ1v) is 5.12. The first-order chi connectivity index (χ1) is 7.66. The van der Waals surface area contributed by atoms with E-state index < -0.39 is 0 Å². The third-order valence-corrected chi connectivity index (χ3v) is 2.58. The molecule has 2 rings (SSSR count). The molecule has 4 nitrogen and oxygen atoms in total. The summed E-state index contributed by atoms with van der Waals surface area (Å²) in [5.74, 6) is 0. The molecule has 5 heteroatoms. The van der Waals surface area contributed by atoms with E-state index in [-0.39, 0.29) is 11.2 Å². The lowest BCUT2D eigenvalue weighted by Crippen LogP contribution is -2.14. The summed E-state index contributed by atoms with van der Waals surface area (Å²) in [5, 5.41) is 6.91. The number of halogens is 1. The Labute approximate surface area is 97.1 Å². The molecule has 0 aliphatic rings. The van der Waals surface area contributed by atoms with Crippen LogP contribution in [0.5, 0.6) is 0 Å². The van der Waals surface area contributed by atoms with Crippen molar-refractivity contribution < 1.29 is 0 Å². The number of aromatic nitrogens is 2. The molecule has 0 amide bonds. The maximum absolute atomic E-state index is 11.0. The van der Waals surface area contributed by atoms with Gasteiger partial charge in [0.1, 0.15) is 5.69 Å². The number of aromatic amines is 1. The van der Waals surface area contributed by atoms with Gasteiger partial charge in [0.25, 0.3) is 5.56 Å². The van der Waals surface area contributed by atoms with E-state index in [1.807, 2.05) is 24.3 Å². The highest BCUT2D eigenvalue weighted by atomic mass is 35.5. The minimum absolute atomic E-state index is 0.164.